The van der Waals surface area contributed by atoms with Gasteiger partial charge in [0, 0.05) is 39.4 Å². The molecule has 0 unspecified atom stereocenters. The van der Waals surface area contributed by atoms with Gasteiger partial charge in [-0.1, -0.05) is 0 Å². The van der Waals surface area contributed by atoms with Crippen LogP contribution in [0.1, 0.15) is 6.92 Å². The van der Waals surface area contributed by atoms with Crippen LogP contribution >= 0.6 is 0 Å². The van der Waals surface area contributed by atoms with Crippen LogP contribution in [-0.4, -0.2) is 47.3 Å². The third-order valence-corrected chi connectivity index (χ3v) is 6.80. The molecule has 0 saturated carbocycles. The van der Waals surface area contributed by atoms with Crippen molar-refractivity contribution >= 4 is 44.1 Å². The fourth-order valence-electron chi connectivity index (χ4n) is 3.24. The molecule has 11 nitrogen and oxygen atoms in total. The molecular weight excluding hydrogens is 450 g/mol. The topological polar surface area (TPSA) is 140 Å². The molecule has 0 radical (unpaired) electrons. The molecule has 0 atom stereocenters. The van der Waals surface area contributed by atoms with Crippen molar-refractivity contribution in [3.63, 3.8) is 0 Å². The molecule has 1 heterocycles. The number of sulfonamides is 1. The van der Waals surface area contributed by atoms with Gasteiger partial charge in [0.2, 0.25) is 21.8 Å². The number of carbonyl (C=O) groups excluding carboxylic acids is 2. The predicted molar refractivity (Wildman–Crippen MR) is 124 cm³/mol. The molecule has 0 spiro atoms. The number of rotatable bonds is 6. The van der Waals surface area contributed by atoms with Crippen LogP contribution in [0, 0.1) is 0 Å². The van der Waals surface area contributed by atoms with E-state index in [2.05, 4.69) is 10.6 Å². The minimum absolute atomic E-state index is 0.0674. The summed E-state index contributed by atoms with van der Waals surface area (Å²) in [6.45, 7) is 0.902. The fourth-order valence-corrected chi connectivity index (χ4v) is 4.40. The van der Waals surface area contributed by atoms with Crippen LogP contribution < -0.4 is 21.9 Å². The second kappa shape index (κ2) is 9.00. The standard InChI is InChI=1S/C21H23N5O6S/c1-13(27)22-14-5-7-15(8-6-14)23-19(28)12-24(2)33(31,32)16-9-10-18-17(11-16)20(29)26(4)21(30)25(18)3/h5-11H,12H2,1-4H3,(H,22,27)(H,23,28). The van der Waals surface area contributed by atoms with E-state index in [4.69, 9.17) is 0 Å². The number of hydrogen-bond donors (Lipinski definition) is 2. The summed E-state index contributed by atoms with van der Waals surface area (Å²) < 4.78 is 29.0. The summed E-state index contributed by atoms with van der Waals surface area (Å²) in [7, 11) is -0.0597. The van der Waals surface area contributed by atoms with Crippen molar-refractivity contribution in [3.8, 4) is 0 Å². The first kappa shape index (κ1) is 23.9. The SMILES string of the molecule is CC(=O)Nc1ccc(NC(=O)CN(C)S(=O)(=O)c2ccc3c(c2)c(=O)n(C)c(=O)n3C)cc1. The quantitative estimate of drug-likeness (QED) is 0.533. The Bertz CT molecular complexity index is 1470. The Kier molecular flexibility index (Phi) is 6.51. The zero-order valence-electron chi connectivity index (χ0n) is 18.4. The summed E-state index contributed by atoms with van der Waals surface area (Å²) in [6, 6.07) is 10.2. The lowest BCUT2D eigenvalue weighted by atomic mass is 10.2. The Balaban J connectivity index is 1.80. The first-order valence-corrected chi connectivity index (χ1v) is 11.2. The summed E-state index contributed by atoms with van der Waals surface area (Å²) in [6.07, 6.45) is 0. The van der Waals surface area contributed by atoms with Crippen LogP contribution in [-0.2, 0) is 33.7 Å². The third kappa shape index (κ3) is 4.86. The van der Waals surface area contributed by atoms with Gasteiger partial charge in [0.15, 0.2) is 0 Å². The monoisotopic (exact) mass is 473 g/mol. The number of likely N-dealkylation sites (N-methyl/N-ethyl adjacent to an activating group) is 1. The van der Waals surface area contributed by atoms with E-state index in [9.17, 15) is 27.6 Å². The first-order chi connectivity index (χ1) is 15.4. The molecule has 2 N–H and O–H groups in total. The zero-order chi connectivity index (χ0) is 24.5. The van der Waals surface area contributed by atoms with Crippen LogP contribution in [0.15, 0.2) is 56.9 Å². The van der Waals surface area contributed by atoms with Crippen molar-refractivity contribution in [2.24, 2.45) is 14.1 Å². The molecular formula is C21H23N5O6S. The average molecular weight is 474 g/mol. The summed E-state index contributed by atoms with van der Waals surface area (Å²) in [5, 5.41) is 5.26. The molecule has 0 saturated heterocycles. The van der Waals surface area contributed by atoms with Gasteiger partial charge in [-0.3, -0.25) is 23.5 Å². The number of fused-ring (bicyclic) bond motifs is 1. The minimum Gasteiger partial charge on any atom is -0.326 e. The van der Waals surface area contributed by atoms with Crippen LogP contribution in [0.25, 0.3) is 10.9 Å². The van der Waals surface area contributed by atoms with Gasteiger partial charge < -0.3 is 10.6 Å². The van der Waals surface area contributed by atoms with Gasteiger partial charge in [-0.15, -0.1) is 0 Å². The molecule has 3 rings (SSSR count). The van der Waals surface area contributed by atoms with E-state index in [0.717, 1.165) is 8.87 Å². The van der Waals surface area contributed by atoms with Crippen molar-refractivity contribution in [1.29, 1.82) is 0 Å². The van der Waals surface area contributed by atoms with Gasteiger partial charge in [0.1, 0.15) is 0 Å². The van der Waals surface area contributed by atoms with Crippen LogP contribution in [0.2, 0.25) is 0 Å². The molecule has 0 bridgehead atoms. The average Bonchev–Trinajstić information content (AvgIpc) is 2.76. The van der Waals surface area contributed by atoms with E-state index in [-0.39, 0.29) is 16.2 Å². The number of aryl methyl sites for hydroxylation is 1. The maximum absolute atomic E-state index is 13.0. The molecule has 0 aliphatic rings. The Labute approximate surface area is 189 Å². The zero-order valence-corrected chi connectivity index (χ0v) is 19.3. The number of amides is 2. The normalized spacial score (nSPS) is 11.5. The number of hydrogen-bond acceptors (Lipinski definition) is 6. The van der Waals surface area contributed by atoms with Gasteiger partial charge in [-0.25, -0.2) is 13.2 Å². The van der Waals surface area contributed by atoms with Crippen LogP contribution in [0.4, 0.5) is 11.4 Å². The van der Waals surface area contributed by atoms with Gasteiger partial charge in [-0.05, 0) is 42.5 Å². The highest BCUT2D eigenvalue weighted by Gasteiger charge is 2.24. The molecule has 0 aliphatic carbocycles. The van der Waals surface area contributed by atoms with E-state index in [1.54, 1.807) is 24.3 Å². The van der Waals surface area contributed by atoms with Gasteiger partial charge in [0.25, 0.3) is 5.56 Å². The first-order valence-electron chi connectivity index (χ1n) is 9.75. The van der Waals surface area contributed by atoms with Crippen molar-refractivity contribution in [2.45, 2.75) is 11.8 Å². The van der Waals surface area contributed by atoms with E-state index >= 15 is 0 Å². The predicted octanol–water partition coefficient (Wildman–Crippen LogP) is 0.455. The molecule has 12 heteroatoms. The lowest BCUT2D eigenvalue weighted by molar-refractivity contribution is -0.116. The van der Waals surface area contributed by atoms with E-state index in [1.165, 1.54) is 50.8 Å². The number of aromatic nitrogens is 2. The highest BCUT2D eigenvalue weighted by atomic mass is 32.2. The van der Waals surface area contributed by atoms with Crippen molar-refractivity contribution in [3.05, 3.63) is 63.3 Å². The molecule has 2 amide bonds. The Morgan fingerprint density at radius 2 is 1.52 bits per heavy atom. The van der Waals surface area contributed by atoms with Gasteiger partial charge in [-0.2, -0.15) is 4.31 Å². The largest absolute Gasteiger partial charge is 0.330 e. The summed E-state index contributed by atoms with van der Waals surface area (Å²) in [5.41, 5.74) is 0.135. The smallest absolute Gasteiger partial charge is 0.326 e. The van der Waals surface area contributed by atoms with Crippen molar-refractivity contribution in [2.75, 3.05) is 24.2 Å². The van der Waals surface area contributed by atoms with E-state index in [1.807, 2.05) is 0 Å². The lowest BCUT2D eigenvalue weighted by Gasteiger charge is -2.17. The third-order valence-electron chi connectivity index (χ3n) is 5.00. The minimum atomic E-state index is -4.10. The molecule has 33 heavy (non-hydrogen) atoms. The molecule has 0 aliphatic heterocycles. The van der Waals surface area contributed by atoms with E-state index in [0.29, 0.717) is 16.9 Å². The molecule has 1 aromatic heterocycles. The van der Waals surface area contributed by atoms with Gasteiger partial charge >= 0.3 is 5.69 Å². The van der Waals surface area contributed by atoms with E-state index < -0.39 is 33.7 Å². The number of carbonyl (C=O) groups is 2. The van der Waals surface area contributed by atoms with Crippen LogP contribution in [0.5, 0.6) is 0 Å². The van der Waals surface area contributed by atoms with Crippen molar-refractivity contribution < 1.29 is 18.0 Å². The number of nitrogens with one attached hydrogen (secondary N) is 2. The summed E-state index contributed by atoms with van der Waals surface area (Å²) >= 11 is 0. The highest BCUT2D eigenvalue weighted by molar-refractivity contribution is 7.89. The van der Waals surface area contributed by atoms with Crippen LogP contribution in [0.3, 0.4) is 0 Å². The second-order valence-electron chi connectivity index (χ2n) is 7.45. The Morgan fingerprint density at radius 3 is 2.09 bits per heavy atom. The molecule has 3 aromatic rings. The maximum atomic E-state index is 13.0. The fraction of sp³-hybridized carbons (Fsp3) is 0.238. The maximum Gasteiger partial charge on any atom is 0.330 e. The molecule has 0 fully saturated rings. The Hall–Kier alpha value is -3.77. The molecule has 2 aromatic carbocycles. The summed E-state index contributed by atoms with van der Waals surface area (Å²) in [4.78, 5) is 47.8. The lowest BCUT2D eigenvalue weighted by Crippen LogP contribution is -2.37. The number of nitrogens with zero attached hydrogens (tertiary/aromatic N) is 3. The second-order valence-corrected chi connectivity index (χ2v) is 9.50. The molecule has 174 valence electrons. The van der Waals surface area contributed by atoms with Gasteiger partial charge in [0.05, 0.1) is 22.3 Å². The Morgan fingerprint density at radius 1 is 0.939 bits per heavy atom. The van der Waals surface area contributed by atoms with Crippen molar-refractivity contribution in [1.82, 2.24) is 13.4 Å². The highest BCUT2D eigenvalue weighted by Crippen LogP contribution is 2.19. The number of anilines is 2. The number of benzene rings is 2. The summed E-state index contributed by atoms with van der Waals surface area (Å²) in [5.74, 6) is -0.806.